The number of ketones is 1. The van der Waals surface area contributed by atoms with E-state index in [2.05, 4.69) is 4.98 Å². The lowest BCUT2D eigenvalue weighted by Gasteiger charge is -2.02. The Morgan fingerprint density at radius 2 is 2.54 bits per heavy atom. The number of aromatic nitrogens is 1. The largest absolute Gasteiger partial charge is 0.292 e. The average Bonchev–Trinajstić information content (AvgIpc) is 2.72. The van der Waals surface area contributed by atoms with Gasteiger partial charge in [0.1, 0.15) is 5.69 Å². The second-order valence-corrected chi connectivity index (χ2v) is 5.39. The first-order valence-corrected chi connectivity index (χ1v) is 6.35. The Bertz CT molecular complexity index is 315. The monoisotopic (exact) mass is 213 g/mol. The first-order valence-electron chi connectivity index (χ1n) is 4.31. The zero-order valence-corrected chi connectivity index (χ0v) is 9.08. The Balaban J connectivity index is 2.12. The van der Waals surface area contributed by atoms with Gasteiger partial charge in [-0.1, -0.05) is 0 Å². The van der Waals surface area contributed by atoms with E-state index < -0.39 is 0 Å². The van der Waals surface area contributed by atoms with Gasteiger partial charge >= 0.3 is 0 Å². The van der Waals surface area contributed by atoms with Crippen LogP contribution in [0.25, 0.3) is 0 Å². The summed E-state index contributed by atoms with van der Waals surface area (Å²) >= 11 is 3.42. The van der Waals surface area contributed by atoms with E-state index in [1.54, 1.807) is 11.3 Å². The van der Waals surface area contributed by atoms with Crippen LogP contribution in [0.1, 0.15) is 21.9 Å². The summed E-state index contributed by atoms with van der Waals surface area (Å²) in [7, 11) is 0. The normalized spacial score (nSPS) is 22.1. The number of hydrogen-bond acceptors (Lipinski definition) is 4. The van der Waals surface area contributed by atoms with Gasteiger partial charge in [0.15, 0.2) is 5.78 Å². The highest BCUT2D eigenvalue weighted by Crippen LogP contribution is 2.26. The molecule has 4 heteroatoms. The zero-order chi connectivity index (χ0) is 9.26. The summed E-state index contributed by atoms with van der Waals surface area (Å²) in [6.45, 7) is 1.94. The van der Waals surface area contributed by atoms with Crippen molar-refractivity contribution in [1.82, 2.24) is 4.98 Å². The fraction of sp³-hybridized carbons (Fsp3) is 0.556. The molecule has 1 aromatic heterocycles. The summed E-state index contributed by atoms with van der Waals surface area (Å²) in [5, 5.41) is 2.86. The van der Waals surface area contributed by atoms with Crippen LogP contribution in [0.15, 0.2) is 5.38 Å². The highest BCUT2D eigenvalue weighted by molar-refractivity contribution is 7.99. The van der Waals surface area contributed by atoms with Crippen molar-refractivity contribution in [2.75, 3.05) is 11.5 Å². The quantitative estimate of drug-likeness (QED) is 0.707. The third-order valence-electron chi connectivity index (χ3n) is 2.17. The third kappa shape index (κ3) is 1.94. The Morgan fingerprint density at radius 1 is 1.69 bits per heavy atom. The first-order chi connectivity index (χ1) is 6.27. The van der Waals surface area contributed by atoms with Gasteiger partial charge in [-0.05, 0) is 19.1 Å². The summed E-state index contributed by atoms with van der Waals surface area (Å²) in [5.41, 5.74) is 0.676. The highest BCUT2D eigenvalue weighted by Gasteiger charge is 2.25. The molecule has 1 aliphatic heterocycles. The van der Waals surface area contributed by atoms with Crippen LogP contribution in [0.5, 0.6) is 0 Å². The van der Waals surface area contributed by atoms with Crippen LogP contribution >= 0.6 is 23.1 Å². The van der Waals surface area contributed by atoms with Crippen molar-refractivity contribution >= 4 is 28.9 Å². The summed E-state index contributed by atoms with van der Waals surface area (Å²) in [6, 6.07) is 0. The van der Waals surface area contributed by atoms with Gasteiger partial charge in [0.2, 0.25) is 0 Å². The number of thiazole rings is 1. The van der Waals surface area contributed by atoms with E-state index in [1.165, 1.54) is 0 Å². The van der Waals surface area contributed by atoms with Gasteiger partial charge in [-0.2, -0.15) is 11.8 Å². The zero-order valence-electron chi connectivity index (χ0n) is 7.45. The molecule has 0 radical (unpaired) electrons. The predicted octanol–water partition coefficient (Wildman–Crippen LogP) is 2.39. The molecule has 1 unspecified atom stereocenters. The van der Waals surface area contributed by atoms with Gasteiger partial charge < -0.3 is 0 Å². The molecule has 0 saturated carbocycles. The topological polar surface area (TPSA) is 30.0 Å². The van der Waals surface area contributed by atoms with Gasteiger partial charge in [0.05, 0.1) is 5.01 Å². The maximum atomic E-state index is 11.8. The average molecular weight is 213 g/mol. The van der Waals surface area contributed by atoms with Crippen molar-refractivity contribution in [1.29, 1.82) is 0 Å². The van der Waals surface area contributed by atoms with Gasteiger partial charge in [-0.3, -0.25) is 4.79 Å². The summed E-state index contributed by atoms with van der Waals surface area (Å²) in [5.74, 6) is 2.58. The van der Waals surface area contributed by atoms with Crippen LogP contribution in [0.4, 0.5) is 0 Å². The van der Waals surface area contributed by atoms with E-state index in [-0.39, 0.29) is 11.7 Å². The van der Waals surface area contributed by atoms with Gasteiger partial charge in [-0.25, -0.2) is 4.98 Å². The molecule has 2 nitrogen and oxygen atoms in total. The molecule has 2 heterocycles. The number of carbonyl (C=O) groups excluding carboxylic acids is 1. The summed E-state index contributed by atoms with van der Waals surface area (Å²) < 4.78 is 0. The minimum absolute atomic E-state index is 0.228. The van der Waals surface area contributed by atoms with Crippen LogP contribution in [0, 0.1) is 12.8 Å². The molecule has 0 N–H and O–H groups in total. The Kier molecular flexibility index (Phi) is 2.69. The predicted molar refractivity (Wildman–Crippen MR) is 56.6 cm³/mol. The molecule has 0 aromatic carbocycles. The molecule has 0 spiro atoms. The number of rotatable bonds is 2. The second-order valence-electron chi connectivity index (χ2n) is 3.18. The molecule has 0 aliphatic carbocycles. The van der Waals surface area contributed by atoms with Crippen LogP contribution in [-0.2, 0) is 0 Å². The van der Waals surface area contributed by atoms with Gasteiger partial charge in [-0.15, -0.1) is 11.3 Å². The Hall–Kier alpha value is -0.350. The van der Waals surface area contributed by atoms with Crippen molar-refractivity contribution in [2.24, 2.45) is 5.92 Å². The van der Waals surface area contributed by atoms with E-state index in [0.717, 1.165) is 22.9 Å². The van der Waals surface area contributed by atoms with Crippen LogP contribution < -0.4 is 0 Å². The number of Topliss-reactive ketones (excluding diaryl/α,β-unsaturated/α-hetero) is 1. The van der Waals surface area contributed by atoms with E-state index in [4.69, 9.17) is 0 Å². The Morgan fingerprint density at radius 3 is 3.08 bits per heavy atom. The Labute approximate surface area is 85.8 Å². The molecule has 0 bridgehead atoms. The molecular weight excluding hydrogens is 202 g/mol. The molecule has 0 amide bonds. The maximum absolute atomic E-state index is 11.8. The number of carbonyl (C=O) groups is 1. The van der Waals surface area contributed by atoms with E-state index in [9.17, 15) is 4.79 Å². The lowest BCUT2D eigenvalue weighted by atomic mass is 10.0. The molecule has 1 aromatic rings. The van der Waals surface area contributed by atoms with Gasteiger partial charge in [0, 0.05) is 17.1 Å². The SMILES string of the molecule is Cc1nc(C(=O)C2CCSC2)cs1. The van der Waals surface area contributed by atoms with Crippen molar-refractivity contribution < 1.29 is 4.79 Å². The standard InChI is InChI=1S/C9H11NOS2/c1-6-10-8(5-13-6)9(11)7-2-3-12-4-7/h5,7H,2-4H2,1H3. The molecule has 1 fully saturated rings. The van der Waals surface area contributed by atoms with E-state index >= 15 is 0 Å². The fourth-order valence-corrected chi connectivity index (χ4v) is 3.25. The van der Waals surface area contributed by atoms with Crippen molar-refractivity contribution in [3.05, 3.63) is 16.1 Å². The molecule has 1 aliphatic rings. The third-order valence-corrected chi connectivity index (χ3v) is 4.11. The lowest BCUT2D eigenvalue weighted by Crippen LogP contribution is -2.14. The molecule has 70 valence electrons. The second kappa shape index (κ2) is 3.80. The van der Waals surface area contributed by atoms with Crippen LogP contribution in [0.3, 0.4) is 0 Å². The minimum Gasteiger partial charge on any atom is -0.292 e. The maximum Gasteiger partial charge on any atom is 0.185 e. The lowest BCUT2D eigenvalue weighted by molar-refractivity contribution is 0.0929. The van der Waals surface area contributed by atoms with Crippen molar-refractivity contribution in [2.45, 2.75) is 13.3 Å². The van der Waals surface area contributed by atoms with E-state index in [1.807, 2.05) is 24.1 Å². The molecule has 13 heavy (non-hydrogen) atoms. The van der Waals surface area contributed by atoms with Crippen LogP contribution in [0.2, 0.25) is 0 Å². The molecule has 1 atom stereocenters. The smallest absolute Gasteiger partial charge is 0.185 e. The molecular formula is C9H11NOS2. The number of nitrogens with zero attached hydrogens (tertiary/aromatic N) is 1. The molecule has 1 saturated heterocycles. The van der Waals surface area contributed by atoms with E-state index in [0.29, 0.717) is 5.69 Å². The van der Waals surface area contributed by atoms with Crippen LogP contribution in [-0.4, -0.2) is 22.3 Å². The van der Waals surface area contributed by atoms with Crippen molar-refractivity contribution in [3.63, 3.8) is 0 Å². The summed E-state index contributed by atoms with van der Waals surface area (Å²) in [6.07, 6.45) is 1.03. The number of thioether (sulfide) groups is 1. The minimum atomic E-state index is 0.228. The number of aryl methyl sites for hydroxylation is 1. The van der Waals surface area contributed by atoms with Crippen molar-refractivity contribution in [3.8, 4) is 0 Å². The van der Waals surface area contributed by atoms with Gasteiger partial charge in [0.25, 0.3) is 0 Å². The number of hydrogen-bond donors (Lipinski definition) is 0. The molecule has 2 rings (SSSR count). The first kappa shape index (κ1) is 9.21. The summed E-state index contributed by atoms with van der Waals surface area (Å²) in [4.78, 5) is 16.0. The highest BCUT2D eigenvalue weighted by atomic mass is 32.2. The fourth-order valence-electron chi connectivity index (χ4n) is 1.43.